The summed E-state index contributed by atoms with van der Waals surface area (Å²) in [5.74, 6) is 0.309. The molecule has 3 aliphatic rings. The molecule has 0 radical (unpaired) electrons. The lowest BCUT2D eigenvalue weighted by atomic mass is 10.00. The van der Waals surface area contributed by atoms with E-state index in [1.807, 2.05) is 6.07 Å². The number of hydrogen-bond donors (Lipinski definition) is 1. The lowest BCUT2D eigenvalue weighted by Gasteiger charge is -2.26. The molecule has 2 aromatic carbocycles. The lowest BCUT2D eigenvalue weighted by molar-refractivity contribution is 0.0596. The van der Waals surface area contributed by atoms with Crippen LogP contribution >= 0.6 is 11.9 Å². The van der Waals surface area contributed by atoms with Crippen LogP contribution in [0.25, 0.3) is 0 Å². The number of carbonyl (C=O) groups is 2. The number of benzene rings is 2. The topological polar surface area (TPSA) is 85.3 Å². The first-order chi connectivity index (χ1) is 16.0. The van der Waals surface area contributed by atoms with Crippen LogP contribution < -0.4 is 9.04 Å². The van der Waals surface area contributed by atoms with Crippen LogP contribution in [0, 0.1) is 17.7 Å². The van der Waals surface area contributed by atoms with Crippen molar-refractivity contribution in [1.82, 2.24) is 0 Å². The lowest BCUT2D eigenvalue weighted by Crippen LogP contribution is -2.27. The van der Waals surface area contributed by atoms with Crippen LogP contribution in [0.1, 0.15) is 46.2 Å². The van der Waals surface area contributed by atoms with Gasteiger partial charge in [0.15, 0.2) is 0 Å². The van der Waals surface area contributed by atoms with Crippen LogP contribution in [-0.2, 0) is 9.47 Å². The number of fused-ring (bicyclic) bond motifs is 3. The largest absolute Gasteiger partial charge is 0.492 e. The summed E-state index contributed by atoms with van der Waals surface area (Å²) in [7, 11) is 2.54. The monoisotopic (exact) mass is 473 g/mol. The molecule has 2 saturated carbocycles. The van der Waals surface area contributed by atoms with Crippen LogP contribution in [0.4, 0.5) is 14.9 Å². The van der Waals surface area contributed by atoms with E-state index in [1.54, 1.807) is 12.1 Å². The summed E-state index contributed by atoms with van der Waals surface area (Å²) in [5.41, 5.74) is 2.10. The first-order valence-electron chi connectivity index (χ1n) is 10.8. The Kier molecular flexibility index (Phi) is 5.70. The van der Waals surface area contributed by atoms with Crippen LogP contribution in [0.5, 0.6) is 5.75 Å². The van der Waals surface area contributed by atoms with Crippen molar-refractivity contribution in [2.24, 2.45) is 11.8 Å². The Hall–Kier alpha value is -2.78. The van der Waals surface area contributed by atoms with Crippen molar-refractivity contribution in [2.45, 2.75) is 29.6 Å². The Balaban J connectivity index is 1.58. The summed E-state index contributed by atoms with van der Waals surface area (Å²) in [6.45, 7) is 0.533. The molecule has 1 aliphatic heterocycles. The maximum Gasteiger partial charge on any atom is 0.424 e. The van der Waals surface area contributed by atoms with Crippen LogP contribution in [0.3, 0.4) is 0 Å². The highest BCUT2D eigenvalue weighted by Crippen LogP contribution is 2.56. The molecule has 1 N–H and O–H groups in total. The van der Waals surface area contributed by atoms with Gasteiger partial charge in [-0.3, -0.25) is 0 Å². The van der Waals surface area contributed by atoms with E-state index in [-0.39, 0.29) is 35.5 Å². The first kappa shape index (κ1) is 22.0. The van der Waals surface area contributed by atoms with E-state index in [2.05, 4.69) is 0 Å². The van der Waals surface area contributed by atoms with Gasteiger partial charge < -0.3 is 19.3 Å². The smallest absolute Gasteiger partial charge is 0.424 e. The summed E-state index contributed by atoms with van der Waals surface area (Å²) >= 11 is 1.04. The van der Waals surface area contributed by atoms with Gasteiger partial charge in [0.25, 0.3) is 0 Å². The minimum atomic E-state index is -0.699. The Labute approximate surface area is 194 Å². The number of hydrogen-bond acceptors (Lipinski definition) is 7. The number of methoxy groups -OCH3 is 2. The van der Waals surface area contributed by atoms with E-state index < -0.39 is 12.1 Å². The van der Waals surface area contributed by atoms with Crippen molar-refractivity contribution in [3.63, 3.8) is 0 Å². The van der Waals surface area contributed by atoms with Crippen molar-refractivity contribution in [3.8, 4) is 5.75 Å². The Bertz CT molecular complexity index is 1120. The number of ether oxygens (including phenoxy) is 3. The van der Waals surface area contributed by atoms with E-state index in [0.717, 1.165) is 30.4 Å². The average molecular weight is 474 g/mol. The maximum absolute atomic E-state index is 14.0. The molecule has 9 heteroatoms. The zero-order valence-corrected chi connectivity index (χ0v) is 19.1. The fraction of sp³-hybridized carbons (Fsp3) is 0.417. The molecule has 1 heterocycles. The number of aliphatic hydroxyl groups excluding tert-OH is 1. The third kappa shape index (κ3) is 3.93. The standard InChI is InChI=1S/C24H24FNO6S/c1-30-23(28)21-19(5-4-15-17-8-13(17)11-32-22(15)21)26(24(29)31-2)33-20-6-3-14(25)9-18(20)16-7-12(16)10-27/h3-6,9,12-13,16-17,27H,7-8,10-11H2,1-2H3. The van der Waals surface area contributed by atoms with Gasteiger partial charge in [-0.2, -0.15) is 0 Å². The van der Waals surface area contributed by atoms with E-state index in [1.165, 1.54) is 30.7 Å². The second kappa shape index (κ2) is 8.53. The molecule has 2 aromatic rings. The minimum absolute atomic E-state index is 0.00596. The predicted octanol–water partition coefficient (Wildman–Crippen LogP) is 4.48. The highest BCUT2D eigenvalue weighted by molar-refractivity contribution is 8.01. The number of rotatable bonds is 6. The third-order valence-electron chi connectivity index (χ3n) is 6.60. The molecule has 0 spiro atoms. The maximum atomic E-state index is 14.0. The second-order valence-electron chi connectivity index (χ2n) is 8.61. The van der Waals surface area contributed by atoms with Crippen molar-refractivity contribution in [1.29, 1.82) is 0 Å². The summed E-state index contributed by atoms with van der Waals surface area (Å²) in [6, 6.07) is 7.94. The van der Waals surface area contributed by atoms with Crippen LogP contribution in [0.15, 0.2) is 35.2 Å². The highest BCUT2D eigenvalue weighted by Gasteiger charge is 2.46. The summed E-state index contributed by atoms with van der Waals surface area (Å²) in [6.07, 6.45) is 1.05. The van der Waals surface area contributed by atoms with E-state index in [4.69, 9.17) is 14.2 Å². The van der Waals surface area contributed by atoms with Gasteiger partial charge in [-0.1, -0.05) is 6.07 Å². The summed E-state index contributed by atoms with van der Waals surface area (Å²) in [4.78, 5) is 26.4. The van der Waals surface area contributed by atoms with Gasteiger partial charge in [-0.15, -0.1) is 0 Å². The number of anilines is 1. The van der Waals surface area contributed by atoms with Gasteiger partial charge in [0.05, 0.1) is 26.5 Å². The Morgan fingerprint density at radius 1 is 1.15 bits per heavy atom. The Morgan fingerprint density at radius 2 is 1.97 bits per heavy atom. The third-order valence-corrected chi connectivity index (χ3v) is 7.69. The summed E-state index contributed by atoms with van der Waals surface area (Å²) in [5, 5.41) is 9.50. The van der Waals surface area contributed by atoms with Crippen molar-refractivity contribution >= 4 is 29.7 Å². The fourth-order valence-corrected chi connectivity index (χ4v) is 5.64. The molecule has 7 nitrogen and oxygen atoms in total. The Morgan fingerprint density at radius 3 is 2.67 bits per heavy atom. The molecule has 0 saturated heterocycles. The van der Waals surface area contributed by atoms with Gasteiger partial charge in [0.2, 0.25) is 0 Å². The predicted molar refractivity (Wildman–Crippen MR) is 119 cm³/mol. The zero-order valence-electron chi connectivity index (χ0n) is 18.2. The summed E-state index contributed by atoms with van der Waals surface area (Å²) < 4.78 is 31.3. The van der Waals surface area contributed by atoms with Gasteiger partial charge in [0, 0.05) is 17.4 Å². The molecule has 5 rings (SSSR count). The normalized spacial score (nSPS) is 24.1. The number of halogens is 1. The quantitative estimate of drug-likeness (QED) is 0.489. The van der Waals surface area contributed by atoms with Crippen molar-refractivity contribution in [3.05, 3.63) is 52.8 Å². The molecule has 1 amide bonds. The van der Waals surface area contributed by atoms with Gasteiger partial charge in [-0.05, 0) is 77.9 Å². The van der Waals surface area contributed by atoms with Crippen molar-refractivity contribution in [2.75, 3.05) is 31.7 Å². The van der Waals surface area contributed by atoms with Crippen LogP contribution in [0.2, 0.25) is 0 Å². The number of amides is 1. The number of nitrogens with zero attached hydrogens (tertiary/aromatic N) is 1. The number of aliphatic hydroxyl groups is 1. The minimum Gasteiger partial charge on any atom is -0.492 e. The number of carbonyl (C=O) groups excluding carboxylic acids is 2. The molecule has 0 bridgehead atoms. The first-order valence-corrected chi connectivity index (χ1v) is 11.6. The van der Waals surface area contributed by atoms with Gasteiger partial charge in [-0.25, -0.2) is 18.3 Å². The molecular formula is C24H24FNO6S. The SMILES string of the molecule is COC(=O)c1c(N(Sc2ccc(F)cc2C2CC2CO)C(=O)OC)ccc2c1OCC1CC21. The van der Waals surface area contributed by atoms with E-state index in [9.17, 15) is 19.1 Å². The zero-order chi connectivity index (χ0) is 23.3. The van der Waals surface area contributed by atoms with Gasteiger partial charge >= 0.3 is 12.1 Å². The number of esters is 1. The van der Waals surface area contributed by atoms with Crippen molar-refractivity contribution < 1.29 is 33.3 Å². The average Bonchev–Trinajstić information content (AvgIpc) is 3.75. The molecule has 0 aromatic heterocycles. The van der Waals surface area contributed by atoms with E-state index >= 15 is 0 Å². The van der Waals surface area contributed by atoms with E-state index in [0.29, 0.717) is 34.7 Å². The molecule has 174 valence electrons. The highest BCUT2D eigenvalue weighted by atomic mass is 32.2. The molecule has 2 aliphatic carbocycles. The molecular weight excluding hydrogens is 449 g/mol. The molecule has 2 fully saturated rings. The van der Waals surface area contributed by atoms with Gasteiger partial charge in [0.1, 0.15) is 17.1 Å². The molecule has 33 heavy (non-hydrogen) atoms. The second-order valence-corrected chi connectivity index (χ2v) is 9.59. The molecule has 4 atom stereocenters. The molecule has 4 unspecified atom stereocenters. The fourth-order valence-electron chi connectivity index (χ4n) is 4.60. The van der Waals surface area contributed by atoms with Crippen LogP contribution in [-0.4, -0.2) is 44.6 Å².